The maximum Gasteiger partial charge on any atom is 0.407 e. The Kier molecular flexibility index (Phi) is 23.3. The number of ether oxygens (including phenoxy) is 4. The van der Waals surface area contributed by atoms with Gasteiger partial charge in [-0.1, -0.05) is 110 Å². The van der Waals surface area contributed by atoms with Crippen LogP contribution in [0.4, 0.5) is 10.5 Å². The van der Waals surface area contributed by atoms with E-state index in [0.29, 0.717) is 38.1 Å². The summed E-state index contributed by atoms with van der Waals surface area (Å²) >= 11 is 0. The van der Waals surface area contributed by atoms with Gasteiger partial charge in [0, 0.05) is 43.1 Å². The maximum absolute atomic E-state index is 14.1. The predicted molar refractivity (Wildman–Crippen MR) is 306 cm³/mol. The first-order valence-corrected chi connectivity index (χ1v) is 28.6. The molecular formula is C61H93N7O12. The Balaban J connectivity index is 1.11. The van der Waals surface area contributed by atoms with Crippen LogP contribution in [0.15, 0.2) is 66.2 Å². The molecule has 444 valence electrons. The lowest BCUT2D eigenvalue weighted by Crippen LogP contribution is -2.56. The molecule has 3 aliphatic rings. The molecule has 0 radical (unpaired) electrons. The molecule has 1 saturated carbocycles. The standard InChI is InChI=1S/C61H93N7O12/c1-37(2)19-24-48-60(12,80-48)52-51(77-13)47(25-27-61(52)36-78-61)79-57(76)62-28-26-42-20-22-44(23-21-42)66-49(70)33-63-53(72)45(29-38(3)4)68-54(73)46(30-43-17-15-14-16-18-43)67-50(71)34-65-56(75)59(11,40(7)8)35-58(10,31-39(5)6)55(74)64-32-41(9)69/h14-23,38-41,45-48,51-52,69H,24-36H2,1-13H3,(H,62,76)(H,63,72)(H,64,74)(H,65,75)(H,66,70)(H,67,71)(H,68,73)/t41?,45-,46-,47?,48+,51?,52?,58?,59?,60?,61-/m0/s1. The van der Waals surface area contributed by atoms with Crippen LogP contribution in [0.5, 0.6) is 0 Å². The summed E-state index contributed by atoms with van der Waals surface area (Å²) in [5.41, 5.74) is 0.539. The number of hydrogen-bond donors (Lipinski definition) is 8. The number of allylic oxidation sites excluding steroid dienone is 1. The average molecular weight is 1120 g/mol. The van der Waals surface area contributed by atoms with Gasteiger partial charge in [0.15, 0.2) is 0 Å². The van der Waals surface area contributed by atoms with Gasteiger partial charge >= 0.3 is 6.09 Å². The molecule has 3 fully saturated rings. The van der Waals surface area contributed by atoms with E-state index in [9.17, 15) is 38.7 Å². The van der Waals surface area contributed by atoms with Crippen LogP contribution in [-0.2, 0) is 60.6 Å². The molecule has 2 aliphatic heterocycles. The van der Waals surface area contributed by atoms with Crippen molar-refractivity contribution in [1.82, 2.24) is 31.9 Å². The number of anilines is 1. The SMILES string of the molecule is COC1C(OC(=O)NCCc2ccc(NC(=O)CNC(=O)[C@H](CC(C)C)NC(=O)[C@H](Cc3ccccc3)NC(=O)CNC(=O)C(C)(CC(C)(CC(C)C)C(=O)NCC(C)O)C(C)C)cc2)CC[C@]2(CO2)C1C1(C)O[C@@H]1CC=C(C)C. The summed E-state index contributed by atoms with van der Waals surface area (Å²) in [6.07, 6.45) is 3.71. The van der Waals surface area contributed by atoms with E-state index in [-0.39, 0.29) is 79.7 Å². The van der Waals surface area contributed by atoms with E-state index in [1.165, 1.54) is 5.57 Å². The van der Waals surface area contributed by atoms with Gasteiger partial charge in [-0.05, 0) is 114 Å². The number of epoxide rings is 2. The minimum atomic E-state index is -1.15. The second-order valence-corrected chi connectivity index (χ2v) is 24.6. The van der Waals surface area contributed by atoms with Crippen LogP contribution in [-0.4, -0.2) is 134 Å². The van der Waals surface area contributed by atoms with Gasteiger partial charge in [-0.25, -0.2) is 4.79 Å². The lowest BCUT2D eigenvalue weighted by molar-refractivity contribution is -0.142. The monoisotopic (exact) mass is 1120 g/mol. The molecule has 8 N–H and O–H groups in total. The number of rotatable bonds is 30. The Morgan fingerprint density at radius 3 is 2.05 bits per heavy atom. The molecule has 7 unspecified atom stereocenters. The number of carbonyl (C=O) groups is 7. The summed E-state index contributed by atoms with van der Waals surface area (Å²) in [6.45, 7) is 23.1. The first-order chi connectivity index (χ1) is 37.6. The first-order valence-electron chi connectivity index (χ1n) is 28.6. The van der Waals surface area contributed by atoms with Gasteiger partial charge in [0.25, 0.3) is 0 Å². The third-order valence-electron chi connectivity index (χ3n) is 16.0. The molecule has 19 nitrogen and oxygen atoms in total. The van der Waals surface area contributed by atoms with Gasteiger partial charge in [0.1, 0.15) is 35.5 Å². The fourth-order valence-corrected chi connectivity index (χ4v) is 11.4. The zero-order valence-electron chi connectivity index (χ0n) is 49.7. The average Bonchev–Trinajstić information content (AvgIpc) is 4.47. The van der Waals surface area contributed by atoms with E-state index in [0.717, 1.165) is 24.0 Å². The van der Waals surface area contributed by atoms with E-state index in [1.54, 1.807) is 45.2 Å². The number of aliphatic hydroxyl groups excluding tert-OH is 1. The third-order valence-corrected chi connectivity index (χ3v) is 16.0. The van der Waals surface area contributed by atoms with Crippen molar-refractivity contribution in [2.45, 2.75) is 182 Å². The zero-order valence-corrected chi connectivity index (χ0v) is 49.7. The van der Waals surface area contributed by atoms with E-state index in [2.05, 4.69) is 64.1 Å². The molecule has 2 heterocycles. The minimum Gasteiger partial charge on any atom is -0.443 e. The first kappa shape index (κ1) is 64.9. The molecule has 0 bridgehead atoms. The molecule has 7 amide bonds. The molecule has 19 heteroatoms. The Morgan fingerprint density at radius 1 is 0.800 bits per heavy atom. The van der Waals surface area contributed by atoms with Crippen molar-refractivity contribution in [3.8, 4) is 0 Å². The van der Waals surface area contributed by atoms with E-state index < -0.39 is 82.9 Å². The molecule has 80 heavy (non-hydrogen) atoms. The topological polar surface area (TPSA) is 267 Å². The summed E-state index contributed by atoms with van der Waals surface area (Å²) in [5.74, 6) is -3.30. The molecular weight excluding hydrogens is 1020 g/mol. The maximum atomic E-state index is 14.1. The third kappa shape index (κ3) is 18.3. The number of nitrogens with one attached hydrogen (secondary N) is 7. The zero-order chi connectivity index (χ0) is 59.2. The second-order valence-electron chi connectivity index (χ2n) is 24.6. The molecule has 0 aromatic heterocycles. The fourth-order valence-electron chi connectivity index (χ4n) is 11.4. The summed E-state index contributed by atoms with van der Waals surface area (Å²) in [5, 5.41) is 29.3. The number of benzene rings is 2. The van der Waals surface area contributed by atoms with Crippen LogP contribution in [0.25, 0.3) is 0 Å². The Hall–Kier alpha value is -5.89. The highest BCUT2D eigenvalue weighted by molar-refractivity contribution is 5.97. The Labute approximate surface area is 474 Å². The largest absolute Gasteiger partial charge is 0.443 e. The van der Waals surface area contributed by atoms with Crippen LogP contribution >= 0.6 is 0 Å². The number of methoxy groups -OCH3 is 1. The highest BCUT2D eigenvalue weighted by Crippen LogP contribution is 2.59. The number of alkyl carbamates (subject to hydrolysis) is 1. The van der Waals surface area contributed by atoms with Crippen molar-refractivity contribution in [3.05, 3.63) is 77.4 Å². The number of carbonyl (C=O) groups excluding carboxylic acids is 7. The van der Waals surface area contributed by atoms with Gasteiger partial charge in [-0.2, -0.15) is 0 Å². The predicted octanol–water partition coefficient (Wildman–Crippen LogP) is 6.06. The van der Waals surface area contributed by atoms with E-state index >= 15 is 0 Å². The van der Waals surface area contributed by atoms with Gasteiger partial charge in [0.05, 0.1) is 37.8 Å². The van der Waals surface area contributed by atoms with Crippen LogP contribution in [0.3, 0.4) is 0 Å². The molecule has 5 rings (SSSR count). The lowest BCUT2D eigenvalue weighted by Gasteiger charge is -2.42. The van der Waals surface area contributed by atoms with Gasteiger partial charge in [-0.15, -0.1) is 0 Å². The van der Waals surface area contributed by atoms with Crippen molar-refractivity contribution >= 4 is 47.2 Å². The highest BCUT2D eigenvalue weighted by atomic mass is 16.6. The van der Waals surface area contributed by atoms with Gasteiger partial charge < -0.3 is 61.3 Å². The normalized spacial score (nSPS) is 23.8. The molecule has 1 spiro atoms. The number of amides is 7. The van der Waals surface area contributed by atoms with Crippen molar-refractivity contribution in [2.75, 3.05) is 45.2 Å². The molecule has 11 atom stereocenters. The summed E-state index contributed by atoms with van der Waals surface area (Å²) < 4.78 is 24.3. The van der Waals surface area contributed by atoms with Crippen LogP contribution in [0.2, 0.25) is 0 Å². The van der Waals surface area contributed by atoms with Gasteiger partial charge in [0.2, 0.25) is 35.4 Å². The molecule has 2 aromatic rings. The Morgan fingerprint density at radius 2 is 1.46 bits per heavy atom. The summed E-state index contributed by atoms with van der Waals surface area (Å²) in [6, 6.07) is 14.0. The summed E-state index contributed by atoms with van der Waals surface area (Å²) in [7, 11) is 1.64. The number of aliphatic hydroxyl groups is 1. The number of hydrogen-bond acceptors (Lipinski definition) is 12. The summed E-state index contributed by atoms with van der Waals surface area (Å²) in [4.78, 5) is 95.4. The van der Waals surface area contributed by atoms with Crippen molar-refractivity contribution in [2.24, 2.45) is 34.5 Å². The minimum absolute atomic E-state index is 0.0421. The lowest BCUT2D eigenvalue weighted by atomic mass is 9.64. The quantitative estimate of drug-likeness (QED) is 0.0328. The molecule has 1 aliphatic carbocycles. The van der Waals surface area contributed by atoms with Crippen molar-refractivity contribution < 1.29 is 57.6 Å². The van der Waals surface area contributed by atoms with Crippen LogP contribution in [0.1, 0.15) is 133 Å². The van der Waals surface area contributed by atoms with Crippen LogP contribution < -0.4 is 37.2 Å². The molecule has 2 aromatic carbocycles. The highest BCUT2D eigenvalue weighted by Gasteiger charge is 2.72. The van der Waals surface area contributed by atoms with Crippen molar-refractivity contribution in [1.29, 1.82) is 0 Å². The van der Waals surface area contributed by atoms with Crippen LogP contribution in [0, 0.1) is 34.5 Å². The second kappa shape index (κ2) is 28.7. The smallest absolute Gasteiger partial charge is 0.407 e. The fraction of sp³-hybridized carbons (Fsp3) is 0.656. The van der Waals surface area contributed by atoms with E-state index in [4.69, 9.17) is 18.9 Å². The molecule has 2 saturated heterocycles. The van der Waals surface area contributed by atoms with Crippen molar-refractivity contribution in [3.63, 3.8) is 0 Å². The Bertz CT molecular complexity index is 2460. The van der Waals surface area contributed by atoms with E-state index in [1.807, 2.05) is 78.8 Å². The van der Waals surface area contributed by atoms with Gasteiger partial charge in [-0.3, -0.25) is 28.8 Å².